The predicted octanol–water partition coefficient (Wildman–Crippen LogP) is 2.27. The van der Waals surface area contributed by atoms with Gasteiger partial charge in [-0.15, -0.1) is 0 Å². The highest BCUT2D eigenvalue weighted by atomic mass is 32.1. The van der Waals surface area contributed by atoms with Crippen LogP contribution < -0.4 is 5.73 Å². The molecule has 4 nitrogen and oxygen atoms in total. The maximum atomic E-state index is 5.52. The Morgan fingerprint density at radius 2 is 2.06 bits per heavy atom. The summed E-state index contributed by atoms with van der Waals surface area (Å²) in [5.41, 5.74) is 8.87. The van der Waals surface area contributed by atoms with Crippen LogP contribution in [0.25, 0.3) is 16.2 Å². The van der Waals surface area contributed by atoms with Gasteiger partial charge < -0.3 is 5.73 Å². The van der Waals surface area contributed by atoms with Crippen LogP contribution in [0.3, 0.4) is 0 Å². The molecule has 0 amide bonds. The summed E-state index contributed by atoms with van der Waals surface area (Å²) in [5.74, 6) is 0. The third-order valence-corrected chi connectivity index (χ3v) is 3.77. The van der Waals surface area contributed by atoms with Crippen molar-refractivity contribution in [1.82, 2.24) is 14.6 Å². The van der Waals surface area contributed by atoms with Crippen LogP contribution in [0.15, 0.2) is 30.5 Å². The second-order valence-electron chi connectivity index (χ2n) is 4.25. The molecular formula is C13H14N4S. The summed E-state index contributed by atoms with van der Waals surface area (Å²) in [7, 11) is 0. The molecule has 0 atom stereocenters. The van der Waals surface area contributed by atoms with Crippen molar-refractivity contribution >= 4 is 16.3 Å². The molecular weight excluding hydrogens is 244 g/mol. The Labute approximate surface area is 109 Å². The van der Waals surface area contributed by atoms with E-state index in [9.17, 15) is 0 Å². The van der Waals surface area contributed by atoms with Gasteiger partial charge in [0.15, 0.2) is 0 Å². The minimum Gasteiger partial charge on any atom is -0.330 e. The molecule has 2 N–H and O–H groups in total. The predicted molar refractivity (Wildman–Crippen MR) is 73.8 cm³/mol. The monoisotopic (exact) mass is 258 g/mol. The van der Waals surface area contributed by atoms with Crippen molar-refractivity contribution in [2.45, 2.75) is 13.3 Å². The highest BCUT2D eigenvalue weighted by molar-refractivity contribution is 7.16. The van der Waals surface area contributed by atoms with Crippen molar-refractivity contribution in [3.63, 3.8) is 0 Å². The zero-order valence-electron chi connectivity index (χ0n) is 10.1. The molecule has 0 spiro atoms. The first-order chi connectivity index (χ1) is 8.76. The van der Waals surface area contributed by atoms with Gasteiger partial charge in [0.1, 0.15) is 5.01 Å². The minimum atomic E-state index is 0.626. The lowest BCUT2D eigenvalue weighted by atomic mass is 10.1. The Hall–Kier alpha value is -1.72. The molecule has 5 heteroatoms. The SMILES string of the molecule is Cc1ccc(-c2cn3nc(CCN)sc3n2)cc1. The van der Waals surface area contributed by atoms with E-state index in [4.69, 9.17) is 5.73 Å². The quantitative estimate of drug-likeness (QED) is 0.784. The number of hydrogen-bond donors (Lipinski definition) is 1. The Bertz CT molecular complexity index is 634. The van der Waals surface area contributed by atoms with E-state index >= 15 is 0 Å². The number of nitrogens with zero attached hydrogens (tertiary/aromatic N) is 3. The van der Waals surface area contributed by atoms with Gasteiger partial charge in [-0.1, -0.05) is 41.2 Å². The topological polar surface area (TPSA) is 56.2 Å². The van der Waals surface area contributed by atoms with Gasteiger partial charge in [0.2, 0.25) is 4.96 Å². The molecule has 0 saturated heterocycles. The Morgan fingerprint density at radius 3 is 2.72 bits per heavy atom. The van der Waals surface area contributed by atoms with Crippen LogP contribution in [0.5, 0.6) is 0 Å². The maximum Gasteiger partial charge on any atom is 0.212 e. The molecule has 0 aliphatic rings. The third kappa shape index (κ3) is 2.02. The lowest BCUT2D eigenvalue weighted by Gasteiger charge is -1.96. The highest BCUT2D eigenvalue weighted by Gasteiger charge is 2.08. The van der Waals surface area contributed by atoms with Crippen molar-refractivity contribution in [3.05, 3.63) is 41.0 Å². The van der Waals surface area contributed by atoms with E-state index in [2.05, 4.69) is 41.3 Å². The molecule has 2 heterocycles. The molecule has 3 rings (SSSR count). The van der Waals surface area contributed by atoms with Crippen molar-refractivity contribution in [1.29, 1.82) is 0 Å². The fourth-order valence-electron chi connectivity index (χ4n) is 1.83. The van der Waals surface area contributed by atoms with E-state index in [0.717, 1.165) is 27.6 Å². The van der Waals surface area contributed by atoms with Crippen LogP contribution in [-0.4, -0.2) is 21.1 Å². The van der Waals surface area contributed by atoms with Crippen LogP contribution in [0.4, 0.5) is 0 Å². The first kappa shape index (κ1) is 11.4. The molecule has 0 radical (unpaired) electrons. The first-order valence-electron chi connectivity index (χ1n) is 5.88. The molecule has 0 saturated carbocycles. The van der Waals surface area contributed by atoms with Crippen molar-refractivity contribution in [2.75, 3.05) is 6.54 Å². The number of aromatic nitrogens is 3. The van der Waals surface area contributed by atoms with Gasteiger partial charge in [-0.3, -0.25) is 0 Å². The highest BCUT2D eigenvalue weighted by Crippen LogP contribution is 2.22. The van der Waals surface area contributed by atoms with Crippen molar-refractivity contribution in [2.24, 2.45) is 5.73 Å². The zero-order chi connectivity index (χ0) is 12.5. The van der Waals surface area contributed by atoms with Gasteiger partial charge in [-0.2, -0.15) is 5.10 Å². The number of rotatable bonds is 3. The second kappa shape index (κ2) is 4.51. The number of aryl methyl sites for hydroxylation is 1. The van der Waals surface area contributed by atoms with Gasteiger partial charge in [-0.25, -0.2) is 9.50 Å². The average molecular weight is 258 g/mol. The maximum absolute atomic E-state index is 5.52. The summed E-state index contributed by atoms with van der Waals surface area (Å²) in [6.07, 6.45) is 2.78. The molecule has 92 valence electrons. The Morgan fingerprint density at radius 1 is 1.28 bits per heavy atom. The number of imidazole rings is 1. The number of nitrogens with two attached hydrogens (primary N) is 1. The van der Waals surface area contributed by atoms with E-state index in [1.807, 2.05) is 10.7 Å². The summed E-state index contributed by atoms with van der Waals surface area (Å²) in [5, 5.41) is 5.50. The van der Waals surface area contributed by atoms with E-state index in [1.165, 1.54) is 5.56 Å². The van der Waals surface area contributed by atoms with Gasteiger partial charge in [0.25, 0.3) is 0 Å². The van der Waals surface area contributed by atoms with Gasteiger partial charge >= 0.3 is 0 Å². The fourth-order valence-corrected chi connectivity index (χ4v) is 2.72. The normalized spacial score (nSPS) is 11.2. The second-order valence-corrected chi connectivity index (χ2v) is 5.29. The summed E-state index contributed by atoms with van der Waals surface area (Å²) in [6.45, 7) is 2.71. The summed E-state index contributed by atoms with van der Waals surface area (Å²) >= 11 is 1.60. The fraction of sp³-hybridized carbons (Fsp3) is 0.231. The molecule has 0 bridgehead atoms. The van der Waals surface area contributed by atoms with Crippen LogP contribution in [0.2, 0.25) is 0 Å². The van der Waals surface area contributed by atoms with Gasteiger partial charge in [0.05, 0.1) is 11.9 Å². The van der Waals surface area contributed by atoms with E-state index < -0.39 is 0 Å². The third-order valence-electron chi connectivity index (χ3n) is 2.79. The van der Waals surface area contributed by atoms with Crippen LogP contribution in [0, 0.1) is 6.92 Å². The molecule has 1 aromatic carbocycles. The van der Waals surface area contributed by atoms with E-state index in [0.29, 0.717) is 6.54 Å². The number of hydrogen-bond acceptors (Lipinski definition) is 4. The first-order valence-corrected chi connectivity index (χ1v) is 6.70. The average Bonchev–Trinajstić information content (AvgIpc) is 2.88. The smallest absolute Gasteiger partial charge is 0.212 e. The van der Waals surface area contributed by atoms with Crippen molar-refractivity contribution in [3.8, 4) is 11.3 Å². The molecule has 0 aliphatic carbocycles. The molecule has 2 aromatic heterocycles. The number of fused-ring (bicyclic) bond motifs is 1. The standard InChI is InChI=1S/C13H14N4S/c1-9-2-4-10(5-3-9)11-8-17-13(15-11)18-12(16-17)6-7-14/h2-5,8H,6-7,14H2,1H3. The van der Waals surface area contributed by atoms with Crippen molar-refractivity contribution < 1.29 is 0 Å². The summed E-state index contributed by atoms with van der Waals surface area (Å²) in [6, 6.07) is 8.36. The summed E-state index contributed by atoms with van der Waals surface area (Å²) < 4.78 is 1.84. The Balaban J connectivity index is 1.98. The lowest BCUT2D eigenvalue weighted by Crippen LogP contribution is -2.02. The van der Waals surface area contributed by atoms with Crippen LogP contribution in [-0.2, 0) is 6.42 Å². The minimum absolute atomic E-state index is 0.626. The van der Waals surface area contributed by atoms with Gasteiger partial charge in [0, 0.05) is 12.0 Å². The zero-order valence-corrected chi connectivity index (χ0v) is 10.9. The Kier molecular flexibility index (Phi) is 2.85. The molecule has 18 heavy (non-hydrogen) atoms. The largest absolute Gasteiger partial charge is 0.330 e. The molecule has 0 aliphatic heterocycles. The van der Waals surface area contributed by atoms with E-state index in [1.54, 1.807) is 11.3 Å². The molecule has 0 unspecified atom stereocenters. The summed E-state index contributed by atoms with van der Waals surface area (Å²) in [4.78, 5) is 5.52. The molecule has 0 fully saturated rings. The van der Waals surface area contributed by atoms with E-state index in [-0.39, 0.29) is 0 Å². The number of benzene rings is 1. The van der Waals surface area contributed by atoms with Crippen LogP contribution >= 0.6 is 11.3 Å². The van der Waals surface area contributed by atoms with Crippen LogP contribution in [0.1, 0.15) is 10.6 Å². The molecule has 3 aromatic rings. The van der Waals surface area contributed by atoms with Gasteiger partial charge in [-0.05, 0) is 13.5 Å². The lowest BCUT2D eigenvalue weighted by molar-refractivity contribution is 0.873.